The number of nitrogens with zero attached hydrogens (tertiary/aromatic N) is 4. The molecule has 0 spiro atoms. The minimum absolute atomic E-state index is 0.00891. The van der Waals surface area contributed by atoms with Crippen LogP contribution in [0.25, 0.3) is 0 Å². The highest BCUT2D eigenvalue weighted by atomic mass is 16.5. The minimum Gasteiger partial charge on any atom is -0.493 e. The summed E-state index contributed by atoms with van der Waals surface area (Å²) in [6, 6.07) is 10.9. The van der Waals surface area contributed by atoms with E-state index < -0.39 is 0 Å². The zero-order valence-corrected chi connectivity index (χ0v) is 23.1. The molecule has 0 aromatic heterocycles. The van der Waals surface area contributed by atoms with Gasteiger partial charge in [-0.05, 0) is 55.6 Å². The Morgan fingerprint density at radius 2 is 1.62 bits per heavy atom. The summed E-state index contributed by atoms with van der Waals surface area (Å²) in [4.78, 5) is 48.0. The van der Waals surface area contributed by atoms with Crippen molar-refractivity contribution in [3.05, 3.63) is 53.1 Å². The van der Waals surface area contributed by atoms with Crippen LogP contribution in [0.1, 0.15) is 52.5 Å². The lowest BCUT2D eigenvalue weighted by Gasteiger charge is -2.39. The lowest BCUT2D eigenvalue weighted by atomic mass is 9.93. The molecule has 9 nitrogen and oxygen atoms in total. The number of hydrogen-bond acceptors (Lipinski definition) is 7. The van der Waals surface area contributed by atoms with Crippen LogP contribution in [0.15, 0.2) is 36.4 Å². The highest BCUT2D eigenvalue weighted by Crippen LogP contribution is 2.36. The number of amides is 3. The van der Waals surface area contributed by atoms with Gasteiger partial charge in [0, 0.05) is 45.2 Å². The van der Waals surface area contributed by atoms with Crippen molar-refractivity contribution in [2.75, 3.05) is 64.9 Å². The fourth-order valence-electron chi connectivity index (χ4n) is 6.02. The second-order valence-electron chi connectivity index (χ2n) is 10.5. The molecule has 9 heteroatoms. The number of imide groups is 1. The number of anilines is 1. The summed E-state index contributed by atoms with van der Waals surface area (Å²) >= 11 is 0. The zero-order valence-electron chi connectivity index (χ0n) is 23.1. The van der Waals surface area contributed by atoms with Crippen molar-refractivity contribution in [2.24, 2.45) is 5.92 Å². The third-order valence-electron chi connectivity index (χ3n) is 8.17. The van der Waals surface area contributed by atoms with Crippen molar-refractivity contribution in [2.45, 2.75) is 32.7 Å². The number of hydrogen-bond donors (Lipinski definition) is 0. The molecule has 2 fully saturated rings. The van der Waals surface area contributed by atoms with E-state index in [2.05, 4.69) is 16.7 Å². The Kier molecular flexibility index (Phi) is 8.07. The molecular weight excluding hydrogens is 496 g/mol. The number of carbonyl (C=O) groups is 3. The summed E-state index contributed by atoms with van der Waals surface area (Å²) in [5, 5.41) is 0. The predicted molar refractivity (Wildman–Crippen MR) is 148 cm³/mol. The molecule has 0 atom stereocenters. The maximum atomic E-state index is 13.6. The lowest BCUT2D eigenvalue weighted by molar-refractivity contribution is -0.138. The maximum absolute atomic E-state index is 13.6. The number of methoxy groups -OCH3 is 2. The van der Waals surface area contributed by atoms with E-state index in [-0.39, 0.29) is 30.2 Å². The van der Waals surface area contributed by atoms with E-state index >= 15 is 0 Å². The molecule has 0 bridgehead atoms. The summed E-state index contributed by atoms with van der Waals surface area (Å²) in [6.07, 6.45) is 2.63. The molecule has 0 aliphatic carbocycles. The Hall–Kier alpha value is -3.59. The average Bonchev–Trinajstić information content (AvgIpc) is 3.22. The molecule has 208 valence electrons. The molecule has 3 heterocycles. The van der Waals surface area contributed by atoms with Crippen LogP contribution in [0, 0.1) is 5.92 Å². The second-order valence-corrected chi connectivity index (χ2v) is 10.5. The molecule has 0 radical (unpaired) electrons. The Balaban J connectivity index is 1.25. The quantitative estimate of drug-likeness (QED) is 0.481. The molecule has 3 amide bonds. The Labute approximate surface area is 230 Å². The van der Waals surface area contributed by atoms with Crippen LogP contribution in [0.5, 0.6) is 11.5 Å². The number of benzene rings is 2. The molecule has 3 aliphatic heterocycles. The lowest BCUT2D eigenvalue weighted by Crippen LogP contribution is -2.51. The van der Waals surface area contributed by atoms with Gasteiger partial charge in [-0.15, -0.1) is 0 Å². The van der Waals surface area contributed by atoms with Crippen LogP contribution >= 0.6 is 0 Å². The van der Waals surface area contributed by atoms with E-state index in [1.807, 2.05) is 23.1 Å². The topological polar surface area (TPSA) is 82.6 Å². The summed E-state index contributed by atoms with van der Waals surface area (Å²) in [5.41, 5.74) is 2.44. The Morgan fingerprint density at radius 3 is 2.28 bits per heavy atom. The minimum atomic E-state index is -0.293. The summed E-state index contributed by atoms with van der Waals surface area (Å²) < 4.78 is 10.7. The van der Waals surface area contributed by atoms with Gasteiger partial charge in [-0.2, -0.15) is 0 Å². The van der Waals surface area contributed by atoms with Crippen LogP contribution in [-0.2, 0) is 11.3 Å². The van der Waals surface area contributed by atoms with Crippen LogP contribution in [0.3, 0.4) is 0 Å². The molecule has 0 N–H and O–H groups in total. The predicted octanol–water partition coefficient (Wildman–Crippen LogP) is 3.27. The first-order chi connectivity index (χ1) is 18.9. The highest BCUT2D eigenvalue weighted by Gasteiger charge is 2.39. The average molecular weight is 535 g/mol. The molecule has 0 saturated carbocycles. The molecule has 3 aliphatic rings. The van der Waals surface area contributed by atoms with Gasteiger partial charge in [-0.25, -0.2) is 0 Å². The number of piperazine rings is 1. The SMILES string of the molecule is CCCN1CCN(C(=O)C2CCN(c3cccc4c3C(=O)N(Cc3ccc(OC)c(OC)c3)C4=O)CC2)CC1. The monoisotopic (exact) mass is 534 g/mol. The number of ether oxygens (including phenoxy) is 2. The molecule has 5 rings (SSSR count). The zero-order chi connectivity index (χ0) is 27.5. The molecule has 2 saturated heterocycles. The van der Waals surface area contributed by atoms with Gasteiger partial charge in [-0.3, -0.25) is 24.2 Å². The van der Waals surface area contributed by atoms with Crippen molar-refractivity contribution in [1.82, 2.24) is 14.7 Å². The van der Waals surface area contributed by atoms with E-state index in [9.17, 15) is 14.4 Å². The van der Waals surface area contributed by atoms with E-state index in [4.69, 9.17) is 9.47 Å². The fourth-order valence-corrected chi connectivity index (χ4v) is 6.02. The van der Waals surface area contributed by atoms with Crippen molar-refractivity contribution >= 4 is 23.4 Å². The van der Waals surface area contributed by atoms with Gasteiger partial charge >= 0.3 is 0 Å². The van der Waals surface area contributed by atoms with Crippen LogP contribution in [0.4, 0.5) is 5.69 Å². The van der Waals surface area contributed by atoms with E-state index in [0.29, 0.717) is 35.7 Å². The van der Waals surface area contributed by atoms with Gasteiger partial charge in [0.25, 0.3) is 11.8 Å². The van der Waals surface area contributed by atoms with Gasteiger partial charge in [0.2, 0.25) is 5.91 Å². The summed E-state index contributed by atoms with van der Waals surface area (Å²) in [5.74, 6) is 0.826. The maximum Gasteiger partial charge on any atom is 0.263 e. The van der Waals surface area contributed by atoms with Gasteiger partial charge in [-0.1, -0.05) is 19.1 Å². The second kappa shape index (κ2) is 11.7. The third kappa shape index (κ3) is 5.32. The largest absolute Gasteiger partial charge is 0.493 e. The van der Waals surface area contributed by atoms with Crippen LogP contribution in [0.2, 0.25) is 0 Å². The van der Waals surface area contributed by atoms with Gasteiger partial charge in [0.15, 0.2) is 11.5 Å². The molecule has 0 unspecified atom stereocenters. The normalized spacial score (nSPS) is 18.5. The fraction of sp³-hybridized carbons (Fsp3) is 0.500. The van der Waals surface area contributed by atoms with Crippen LogP contribution in [-0.4, -0.2) is 92.5 Å². The first-order valence-electron chi connectivity index (χ1n) is 13.9. The number of piperidine rings is 1. The molecule has 2 aromatic carbocycles. The highest BCUT2D eigenvalue weighted by molar-refractivity contribution is 6.23. The molecular formula is C30H38N4O5. The van der Waals surface area contributed by atoms with Crippen molar-refractivity contribution in [1.29, 1.82) is 0 Å². The van der Waals surface area contributed by atoms with Crippen molar-refractivity contribution in [3.63, 3.8) is 0 Å². The third-order valence-corrected chi connectivity index (χ3v) is 8.17. The van der Waals surface area contributed by atoms with Gasteiger partial charge in [0.1, 0.15) is 0 Å². The van der Waals surface area contributed by atoms with E-state index in [0.717, 1.165) is 63.2 Å². The van der Waals surface area contributed by atoms with E-state index in [1.165, 1.54) is 4.90 Å². The molecule has 39 heavy (non-hydrogen) atoms. The van der Waals surface area contributed by atoms with E-state index in [1.54, 1.807) is 32.4 Å². The van der Waals surface area contributed by atoms with Gasteiger partial charge in [0.05, 0.1) is 37.6 Å². The first kappa shape index (κ1) is 27.0. The standard InChI is InChI=1S/C30H38N4O5/c1-4-12-31-15-17-33(18-16-31)28(35)22-10-13-32(14-11-22)24-7-5-6-23-27(24)30(37)34(29(23)36)20-21-8-9-25(38-2)26(19-21)39-3/h5-9,19,22H,4,10-18,20H2,1-3H3. The van der Waals surface area contributed by atoms with Crippen molar-refractivity contribution < 1.29 is 23.9 Å². The molecule has 2 aromatic rings. The summed E-state index contributed by atoms with van der Waals surface area (Å²) in [7, 11) is 3.12. The van der Waals surface area contributed by atoms with Crippen LogP contribution < -0.4 is 14.4 Å². The Morgan fingerprint density at radius 1 is 0.897 bits per heavy atom. The first-order valence-corrected chi connectivity index (χ1v) is 13.9. The van der Waals surface area contributed by atoms with Crippen molar-refractivity contribution in [3.8, 4) is 11.5 Å². The van der Waals surface area contributed by atoms with Gasteiger partial charge < -0.3 is 19.3 Å². The number of fused-ring (bicyclic) bond motifs is 1. The Bertz CT molecular complexity index is 1230. The number of rotatable bonds is 8. The number of carbonyl (C=O) groups excluding carboxylic acids is 3. The summed E-state index contributed by atoms with van der Waals surface area (Å²) in [6.45, 7) is 8.29. The smallest absolute Gasteiger partial charge is 0.263 e.